The third-order valence-electron chi connectivity index (χ3n) is 10.9. The number of nitrogens with zero attached hydrogens (tertiary/aromatic N) is 1. The lowest BCUT2D eigenvalue weighted by Gasteiger charge is -2.48. The maximum Gasteiger partial charge on any atom is 0.261 e. The van der Waals surface area contributed by atoms with Gasteiger partial charge in [0.05, 0.1) is 36.6 Å². The minimum Gasteiger partial charge on any atom is -0.405 e. The van der Waals surface area contributed by atoms with Crippen LogP contribution in [0.3, 0.4) is 0 Å². The van der Waals surface area contributed by atoms with Gasteiger partial charge in [-0.2, -0.15) is 0 Å². The molecule has 5 atom stereocenters. The monoisotopic (exact) mass is 805 g/mol. The molecule has 0 spiro atoms. The van der Waals surface area contributed by atoms with Gasteiger partial charge in [-0.15, -0.1) is 11.3 Å². The van der Waals surface area contributed by atoms with E-state index in [-0.39, 0.29) is 11.6 Å². The molecular formula is C50H51NO5SSi. The molecule has 0 radical (unpaired) electrons. The number of thiazole rings is 1. The first kappa shape index (κ1) is 40.0. The Bertz CT molecular complexity index is 2230. The van der Waals surface area contributed by atoms with E-state index in [1.165, 1.54) is 10.4 Å². The van der Waals surface area contributed by atoms with Crippen molar-refractivity contribution in [2.45, 2.75) is 76.1 Å². The topological polar surface area (TPSA) is 59.0 Å². The van der Waals surface area contributed by atoms with Gasteiger partial charge in [-0.05, 0) is 44.2 Å². The molecule has 1 fully saturated rings. The molecule has 6 nitrogen and oxygen atoms in total. The summed E-state index contributed by atoms with van der Waals surface area (Å²) in [5.41, 5.74) is 4.11. The first-order valence-corrected chi connectivity index (χ1v) is 22.8. The second kappa shape index (κ2) is 18.4. The van der Waals surface area contributed by atoms with Gasteiger partial charge in [0.15, 0.2) is 0 Å². The highest BCUT2D eigenvalue weighted by atomic mass is 32.1. The molecule has 1 aliphatic rings. The van der Waals surface area contributed by atoms with Gasteiger partial charge in [0.2, 0.25) is 0 Å². The molecule has 0 saturated carbocycles. The van der Waals surface area contributed by atoms with Crippen molar-refractivity contribution >= 4 is 40.2 Å². The van der Waals surface area contributed by atoms with E-state index in [0.717, 1.165) is 31.9 Å². The molecule has 0 N–H and O–H groups in total. The van der Waals surface area contributed by atoms with Crippen molar-refractivity contribution in [3.63, 3.8) is 0 Å². The van der Waals surface area contributed by atoms with Crippen molar-refractivity contribution < 1.29 is 23.4 Å². The zero-order chi connectivity index (χ0) is 39.8. The third-order valence-corrected chi connectivity index (χ3v) is 17.0. The van der Waals surface area contributed by atoms with E-state index >= 15 is 0 Å². The molecule has 0 bridgehead atoms. The van der Waals surface area contributed by atoms with Gasteiger partial charge in [0.1, 0.15) is 35.5 Å². The molecule has 1 saturated heterocycles. The van der Waals surface area contributed by atoms with Crippen LogP contribution in [0.4, 0.5) is 0 Å². The van der Waals surface area contributed by atoms with E-state index < -0.39 is 38.8 Å². The van der Waals surface area contributed by atoms with Crippen LogP contribution in [0.1, 0.15) is 48.6 Å². The Morgan fingerprint density at radius 3 is 1.45 bits per heavy atom. The molecule has 8 heteroatoms. The Kier molecular flexibility index (Phi) is 12.7. The fourth-order valence-electron chi connectivity index (χ4n) is 8.10. The number of aromatic nitrogens is 1. The predicted molar refractivity (Wildman–Crippen MR) is 236 cm³/mol. The van der Waals surface area contributed by atoms with Gasteiger partial charge >= 0.3 is 0 Å². The molecular weight excluding hydrogens is 755 g/mol. The Labute approximate surface area is 347 Å². The van der Waals surface area contributed by atoms with Gasteiger partial charge in [-0.3, -0.25) is 0 Å². The smallest absolute Gasteiger partial charge is 0.261 e. The summed E-state index contributed by atoms with van der Waals surface area (Å²) in [7, 11) is -2.97. The normalized spacial score (nSPS) is 19.9. The number of ether oxygens (including phenoxy) is 4. The van der Waals surface area contributed by atoms with E-state index in [4.69, 9.17) is 28.4 Å². The molecule has 7 aromatic rings. The first-order valence-electron chi connectivity index (χ1n) is 20.1. The number of hydrogen-bond donors (Lipinski definition) is 0. The molecule has 1 aliphatic heterocycles. The lowest BCUT2D eigenvalue weighted by molar-refractivity contribution is -0.271. The zero-order valence-corrected chi connectivity index (χ0v) is 35.2. The largest absolute Gasteiger partial charge is 0.405 e. The molecule has 296 valence electrons. The summed E-state index contributed by atoms with van der Waals surface area (Å²) in [5, 5.41) is 3.01. The van der Waals surface area contributed by atoms with Crippen molar-refractivity contribution in [1.82, 2.24) is 4.98 Å². The maximum absolute atomic E-state index is 7.63. The van der Waals surface area contributed by atoms with E-state index in [0.29, 0.717) is 19.8 Å². The van der Waals surface area contributed by atoms with Crippen LogP contribution < -0.4 is 10.4 Å². The van der Waals surface area contributed by atoms with Crippen LogP contribution in [0, 0.1) is 0 Å². The molecule has 0 unspecified atom stereocenters. The van der Waals surface area contributed by atoms with Gasteiger partial charge in [-0.1, -0.05) is 185 Å². The summed E-state index contributed by atoms with van der Waals surface area (Å²) < 4.78 is 37.3. The second-order valence-corrected chi connectivity index (χ2v) is 21.2. The van der Waals surface area contributed by atoms with Crippen LogP contribution in [0.2, 0.25) is 5.04 Å². The fraction of sp³-hybridized carbons (Fsp3) is 0.260. The molecule has 1 aromatic heterocycles. The van der Waals surface area contributed by atoms with Crippen molar-refractivity contribution in [3.8, 4) is 0 Å². The van der Waals surface area contributed by atoms with Gasteiger partial charge in [0.25, 0.3) is 8.32 Å². The van der Waals surface area contributed by atoms with E-state index in [2.05, 4.69) is 136 Å². The standard InChI is InChI=1S/C50H51NO5SSi/c1-50(2,3)58(40-27-15-7-16-28-40,41-29-17-8-18-30-41)55-36-43-45(52-33-37-21-9-4-10-22-37)46(53-34-38-23-11-5-12-24-38)47(54-35-39-25-13-6-14-26-39)48(56-43)49-51-42-31-19-20-32-44(42)57-49/h4-32,43,45-48H,33-36H2,1-3H3/t43-,45+,46+,47-,48-/m1/s1. The number of rotatable bonds is 15. The van der Waals surface area contributed by atoms with Crippen LogP contribution in [0.15, 0.2) is 176 Å². The Morgan fingerprint density at radius 1 is 0.534 bits per heavy atom. The number of para-hydroxylation sites is 1. The van der Waals surface area contributed by atoms with Crippen LogP contribution in [-0.2, 0) is 43.2 Å². The number of benzene rings is 6. The fourth-order valence-corrected chi connectivity index (χ4v) is 13.7. The lowest BCUT2D eigenvalue weighted by atomic mass is 9.94. The minimum absolute atomic E-state index is 0.234. The molecule has 0 aliphatic carbocycles. The van der Waals surface area contributed by atoms with E-state index in [1.807, 2.05) is 60.7 Å². The summed E-state index contributed by atoms with van der Waals surface area (Å²) in [6, 6.07) is 60.5. The minimum atomic E-state index is -2.97. The molecule has 8 rings (SSSR count). The predicted octanol–water partition coefficient (Wildman–Crippen LogP) is 10.1. The van der Waals surface area contributed by atoms with Gasteiger partial charge in [0, 0.05) is 0 Å². The molecule has 6 aromatic carbocycles. The van der Waals surface area contributed by atoms with Crippen molar-refractivity contribution in [2.24, 2.45) is 0 Å². The quantitative estimate of drug-likeness (QED) is 0.0963. The number of hydrogen-bond acceptors (Lipinski definition) is 7. The SMILES string of the molecule is CC(C)(C)[Si](OC[C@H]1O[C@@H](c2nc3ccccc3s2)[C@H](OCc2ccccc2)[C@@H](OCc2ccccc2)[C@H]1OCc1ccccc1)(c1ccccc1)c1ccccc1. The highest BCUT2D eigenvalue weighted by Crippen LogP contribution is 2.43. The molecule has 0 amide bonds. The second-order valence-electron chi connectivity index (χ2n) is 15.9. The third kappa shape index (κ3) is 8.94. The highest BCUT2D eigenvalue weighted by Gasteiger charge is 2.54. The van der Waals surface area contributed by atoms with Gasteiger partial charge < -0.3 is 23.4 Å². The summed E-state index contributed by atoms with van der Waals surface area (Å²) in [4.78, 5) is 5.18. The molecule has 2 heterocycles. The Hall–Kier alpha value is -4.77. The van der Waals surface area contributed by atoms with Crippen LogP contribution in [0.5, 0.6) is 0 Å². The van der Waals surface area contributed by atoms with Crippen LogP contribution in [-0.4, -0.2) is 44.3 Å². The van der Waals surface area contributed by atoms with E-state index in [1.54, 1.807) is 11.3 Å². The average Bonchev–Trinajstić information content (AvgIpc) is 3.70. The summed E-state index contributed by atoms with van der Waals surface area (Å²) in [6.07, 6.45) is -2.78. The Balaban J connectivity index is 1.24. The lowest BCUT2D eigenvalue weighted by Crippen LogP contribution is -2.68. The van der Waals surface area contributed by atoms with Gasteiger partial charge in [-0.25, -0.2) is 4.98 Å². The average molecular weight is 806 g/mol. The number of fused-ring (bicyclic) bond motifs is 1. The van der Waals surface area contributed by atoms with Crippen LogP contribution in [0.25, 0.3) is 10.2 Å². The van der Waals surface area contributed by atoms with E-state index in [9.17, 15) is 0 Å². The highest BCUT2D eigenvalue weighted by molar-refractivity contribution is 7.18. The van der Waals surface area contributed by atoms with Crippen LogP contribution >= 0.6 is 11.3 Å². The summed E-state index contributed by atoms with van der Waals surface area (Å²) >= 11 is 1.64. The van der Waals surface area contributed by atoms with Crippen molar-refractivity contribution in [1.29, 1.82) is 0 Å². The summed E-state index contributed by atoms with van der Waals surface area (Å²) in [5.74, 6) is 0. The maximum atomic E-state index is 7.63. The van der Waals surface area contributed by atoms with Crippen molar-refractivity contribution in [3.05, 3.63) is 198 Å². The summed E-state index contributed by atoms with van der Waals surface area (Å²) in [6.45, 7) is 8.28. The molecule has 58 heavy (non-hydrogen) atoms. The Morgan fingerprint density at radius 2 is 0.966 bits per heavy atom. The zero-order valence-electron chi connectivity index (χ0n) is 33.4. The van der Waals surface area contributed by atoms with Crippen molar-refractivity contribution in [2.75, 3.05) is 6.61 Å². The first-order chi connectivity index (χ1) is 28.4.